The minimum Gasteiger partial charge on any atom is -0.497 e. The second kappa shape index (κ2) is 12.0. The molecule has 0 aliphatic carbocycles. The lowest BCUT2D eigenvalue weighted by Crippen LogP contribution is -2.44. The van der Waals surface area contributed by atoms with Gasteiger partial charge in [-0.3, -0.25) is 4.79 Å². The zero-order chi connectivity index (χ0) is 25.4. The number of hydrogen-bond donors (Lipinski definition) is 1. The van der Waals surface area contributed by atoms with E-state index >= 15 is 0 Å². The molecule has 0 spiro atoms. The van der Waals surface area contributed by atoms with Gasteiger partial charge in [0.05, 0.1) is 18.8 Å². The maximum absolute atomic E-state index is 13.8. The van der Waals surface area contributed by atoms with E-state index in [1.165, 1.54) is 12.1 Å². The lowest BCUT2D eigenvalue weighted by molar-refractivity contribution is 0.0911. The number of nitriles is 1. The van der Waals surface area contributed by atoms with Crippen LogP contribution >= 0.6 is 0 Å². The Morgan fingerprint density at radius 2 is 2.06 bits per heavy atom. The Balaban J connectivity index is 1.60. The first-order chi connectivity index (χ1) is 16.9. The number of hydrogen-bond acceptors (Lipinski definition) is 6. The lowest BCUT2D eigenvalue weighted by atomic mass is 9.93. The van der Waals surface area contributed by atoms with Gasteiger partial charge in [-0.1, -0.05) is 18.7 Å². The van der Waals surface area contributed by atoms with Crippen molar-refractivity contribution < 1.29 is 13.9 Å². The molecular weight excluding hydrogens is 447 g/mol. The fourth-order valence-corrected chi connectivity index (χ4v) is 4.27. The number of ether oxygens (including phenoxy) is 1. The molecule has 1 heterocycles. The third kappa shape index (κ3) is 6.40. The number of halogens is 1. The SMILES string of the molecule is C=C/C(C#N)=C(/CCN1CCC(NC(=O)c2ccc(N=O)c(F)c2)CC1)c1cc(OC)ccc1C. The molecule has 35 heavy (non-hydrogen) atoms. The van der Waals surface area contributed by atoms with Crippen molar-refractivity contribution in [2.75, 3.05) is 26.7 Å². The number of allylic oxidation sites excluding steroid dienone is 2. The molecule has 7 nitrogen and oxygen atoms in total. The Bertz CT molecular complexity index is 1180. The molecule has 1 aliphatic rings. The summed E-state index contributed by atoms with van der Waals surface area (Å²) >= 11 is 0. The molecule has 182 valence electrons. The first-order valence-electron chi connectivity index (χ1n) is 11.5. The number of benzene rings is 2. The molecular formula is C27H29FN4O3. The summed E-state index contributed by atoms with van der Waals surface area (Å²) in [5, 5.41) is 15.2. The summed E-state index contributed by atoms with van der Waals surface area (Å²) in [5.41, 5.74) is 3.37. The normalized spacial score (nSPS) is 15.0. The molecule has 2 aromatic rings. The van der Waals surface area contributed by atoms with Crippen molar-refractivity contribution in [3.05, 3.63) is 82.0 Å². The summed E-state index contributed by atoms with van der Waals surface area (Å²) in [7, 11) is 1.62. The van der Waals surface area contributed by atoms with Crippen molar-refractivity contribution in [2.45, 2.75) is 32.2 Å². The molecule has 0 saturated carbocycles. The number of nitrogens with one attached hydrogen (secondary N) is 1. The summed E-state index contributed by atoms with van der Waals surface area (Å²) in [4.78, 5) is 25.3. The first kappa shape index (κ1) is 25.8. The molecule has 1 saturated heterocycles. The Kier molecular flexibility index (Phi) is 8.87. The van der Waals surface area contributed by atoms with Crippen LogP contribution in [0.3, 0.4) is 0 Å². The number of amides is 1. The van der Waals surface area contributed by atoms with E-state index in [1.54, 1.807) is 13.2 Å². The van der Waals surface area contributed by atoms with E-state index in [0.717, 1.165) is 61.0 Å². The molecule has 1 amide bonds. The third-order valence-corrected chi connectivity index (χ3v) is 6.33. The molecule has 1 fully saturated rings. The molecule has 1 N–H and O–H groups in total. The van der Waals surface area contributed by atoms with Crippen molar-refractivity contribution in [3.63, 3.8) is 0 Å². The highest BCUT2D eigenvalue weighted by molar-refractivity contribution is 5.94. The van der Waals surface area contributed by atoms with Gasteiger partial charge >= 0.3 is 0 Å². The van der Waals surface area contributed by atoms with Crippen LogP contribution < -0.4 is 10.1 Å². The molecule has 0 radical (unpaired) electrons. The number of rotatable bonds is 9. The zero-order valence-electron chi connectivity index (χ0n) is 20.0. The topological polar surface area (TPSA) is 94.8 Å². The molecule has 0 bridgehead atoms. The summed E-state index contributed by atoms with van der Waals surface area (Å²) in [6.07, 6.45) is 3.78. The van der Waals surface area contributed by atoms with Gasteiger partial charge in [-0.05, 0) is 78.4 Å². The van der Waals surface area contributed by atoms with Gasteiger partial charge in [0.15, 0.2) is 5.82 Å². The highest BCUT2D eigenvalue weighted by Gasteiger charge is 2.22. The van der Waals surface area contributed by atoms with Gasteiger partial charge in [0, 0.05) is 31.2 Å². The number of nitrogens with zero attached hydrogens (tertiary/aromatic N) is 3. The fourth-order valence-electron chi connectivity index (χ4n) is 4.27. The van der Waals surface area contributed by atoms with E-state index in [-0.39, 0.29) is 23.2 Å². The largest absolute Gasteiger partial charge is 0.497 e. The van der Waals surface area contributed by atoms with E-state index in [9.17, 15) is 19.4 Å². The van der Waals surface area contributed by atoms with Crippen molar-refractivity contribution in [3.8, 4) is 11.8 Å². The van der Waals surface area contributed by atoms with Gasteiger partial charge in [0.2, 0.25) is 0 Å². The highest BCUT2D eigenvalue weighted by atomic mass is 19.1. The van der Waals surface area contributed by atoms with Crippen molar-refractivity contribution in [1.82, 2.24) is 10.2 Å². The summed E-state index contributed by atoms with van der Waals surface area (Å²) in [5.74, 6) is -0.449. The summed E-state index contributed by atoms with van der Waals surface area (Å²) in [6.45, 7) is 8.15. The van der Waals surface area contributed by atoms with Crippen molar-refractivity contribution in [2.24, 2.45) is 5.18 Å². The Hall–Kier alpha value is -3.83. The minimum absolute atomic E-state index is 0.0239. The van der Waals surface area contributed by atoms with Crippen LogP contribution in [-0.4, -0.2) is 43.6 Å². The van der Waals surface area contributed by atoms with E-state index in [2.05, 4.69) is 28.0 Å². The monoisotopic (exact) mass is 476 g/mol. The van der Waals surface area contributed by atoms with Crippen LogP contribution in [-0.2, 0) is 0 Å². The highest BCUT2D eigenvalue weighted by Crippen LogP contribution is 2.30. The minimum atomic E-state index is -0.811. The Labute approximate surface area is 204 Å². The number of piperidine rings is 1. The standard InChI is InChI=1S/C27H29FN4O3/c1-4-19(17-29)23(24-16-22(35-3)7-5-18(24)2)11-14-32-12-9-21(10-13-32)30-27(33)20-6-8-26(31-34)25(28)15-20/h4-8,15-16,21H,1,9-14H2,2-3H3,(H,30,33)/b23-19+. The fraction of sp³-hybridized carbons (Fsp3) is 0.333. The molecule has 8 heteroatoms. The maximum atomic E-state index is 13.8. The Morgan fingerprint density at radius 1 is 1.31 bits per heavy atom. The quantitative estimate of drug-likeness (QED) is 0.302. The van der Waals surface area contributed by atoms with E-state index in [1.807, 2.05) is 25.1 Å². The first-order valence-corrected chi connectivity index (χ1v) is 11.5. The number of aryl methyl sites for hydroxylation is 1. The predicted octanol–water partition coefficient (Wildman–Crippen LogP) is 5.29. The van der Waals surface area contributed by atoms with Gasteiger partial charge in [0.25, 0.3) is 5.91 Å². The van der Waals surface area contributed by atoms with Crippen LogP contribution in [0.15, 0.2) is 59.8 Å². The van der Waals surface area contributed by atoms with Crippen LogP contribution in [0.2, 0.25) is 0 Å². The summed E-state index contributed by atoms with van der Waals surface area (Å²) < 4.78 is 19.2. The van der Waals surface area contributed by atoms with Crippen molar-refractivity contribution in [1.29, 1.82) is 5.26 Å². The lowest BCUT2D eigenvalue weighted by Gasteiger charge is -2.32. The van der Waals surface area contributed by atoms with Crippen LogP contribution in [0.25, 0.3) is 5.57 Å². The zero-order valence-corrected chi connectivity index (χ0v) is 20.0. The van der Waals surface area contributed by atoms with E-state index < -0.39 is 5.82 Å². The number of carbonyl (C=O) groups is 1. The molecule has 3 rings (SSSR count). The van der Waals surface area contributed by atoms with Crippen LogP contribution in [0, 0.1) is 29.0 Å². The maximum Gasteiger partial charge on any atom is 0.251 e. The Morgan fingerprint density at radius 3 is 2.66 bits per heavy atom. The summed E-state index contributed by atoms with van der Waals surface area (Å²) in [6, 6.07) is 11.7. The van der Waals surface area contributed by atoms with Gasteiger partial charge in [-0.2, -0.15) is 5.26 Å². The van der Waals surface area contributed by atoms with Gasteiger partial charge in [0.1, 0.15) is 11.4 Å². The second-order valence-corrected chi connectivity index (χ2v) is 8.49. The smallest absolute Gasteiger partial charge is 0.251 e. The molecule has 0 atom stereocenters. The molecule has 0 unspecified atom stereocenters. The third-order valence-electron chi connectivity index (χ3n) is 6.33. The number of likely N-dealkylation sites (tertiary alicyclic amines) is 1. The average Bonchev–Trinajstić information content (AvgIpc) is 2.88. The number of methoxy groups -OCH3 is 1. The predicted molar refractivity (Wildman–Crippen MR) is 134 cm³/mol. The van der Waals surface area contributed by atoms with Gasteiger partial charge in [-0.15, -0.1) is 4.91 Å². The van der Waals surface area contributed by atoms with Crippen LogP contribution in [0.5, 0.6) is 5.75 Å². The van der Waals surface area contributed by atoms with Crippen molar-refractivity contribution >= 4 is 17.2 Å². The number of nitroso groups, excluding NO2 is 1. The average molecular weight is 477 g/mol. The van der Waals surface area contributed by atoms with E-state index in [0.29, 0.717) is 12.0 Å². The number of carbonyl (C=O) groups excluding carboxylic acids is 1. The van der Waals surface area contributed by atoms with Crippen LogP contribution in [0.1, 0.15) is 40.7 Å². The van der Waals surface area contributed by atoms with E-state index in [4.69, 9.17) is 4.74 Å². The van der Waals surface area contributed by atoms with Gasteiger partial charge in [-0.25, -0.2) is 4.39 Å². The second-order valence-electron chi connectivity index (χ2n) is 8.49. The molecule has 0 aromatic heterocycles. The van der Waals surface area contributed by atoms with Crippen LogP contribution in [0.4, 0.5) is 10.1 Å². The van der Waals surface area contributed by atoms with Gasteiger partial charge < -0.3 is 15.0 Å². The molecule has 2 aromatic carbocycles. The molecule has 1 aliphatic heterocycles.